The van der Waals surface area contributed by atoms with Crippen LogP contribution in [-0.4, -0.2) is 31.7 Å². The van der Waals surface area contributed by atoms with Crippen molar-refractivity contribution >= 4 is 18.3 Å². The van der Waals surface area contributed by atoms with Crippen molar-refractivity contribution in [3.05, 3.63) is 35.4 Å². The number of halogens is 1. The van der Waals surface area contributed by atoms with Crippen molar-refractivity contribution in [2.75, 3.05) is 19.8 Å². The van der Waals surface area contributed by atoms with Gasteiger partial charge in [0.15, 0.2) is 0 Å². The molecule has 2 atom stereocenters. The topological polar surface area (TPSA) is 64.4 Å². The molecule has 0 radical (unpaired) electrons. The van der Waals surface area contributed by atoms with Gasteiger partial charge in [0.1, 0.15) is 0 Å². The summed E-state index contributed by atoms with van der Waals surface area (Å²) in [7, 11) is 0. The van der Waals surface area contributed by atoms with Gasteiger partial charge in [-0.05, 0) is 37.8 Å². The molecule has 0 aromatic heterocycles. The van der Waals surface area contributed by atoms with Crippen molar-refractivity contribution in [2.24, 2.45) is 11.7 Å². The van der Waals surface area contributed by atoms with Crippen LogP contribution in [0.25, 0.3) is 0 Å². The van der Waals surface area contributed by atoms with Crippen LogP contribution in [0.2, 0.25) is 0 Å². The number of hydrogen-bond acceptors (Lipinski definition) is 3. The number of benzene rings is 1. The number of carbonyl (C=O) groups excluding carboxylic acids is 1. The summed E-state index contributed by atoms with van der Waals surface area (Å²) in [6.45, 7) is 8.02. The zero-order valence-electron chi connectivity index (χ0n) is 14.3. The monoisotopic (exact) mass is 340 g/mol. The molecular formula is C18H29ClN2O2. The standard InChI is InChI=1S/C18H28N2O2.ClH/c1-13-6-4-5-7-16(13)18(8-10-22-11-9-18)12-20-17(21)14(2)15(3)19;/h4-7,14-15H,8-12,19H2,1-3H3,(H,20,21);1H. The van der Waals surface area contributed by atoms with Gasteiger partial charge in [-0.2, -0.15) is 0 Å². The number of nitrogens with one attached hydrogen (secondary N) is 1. The molecule has 0 saturated carbocycles. The van der Waals surface area contributed by atoms with Gasteiger partial charge in [0.2, 0.25) is 5.91 Å². The van der Waals surface area contributed by atoms with Gasteiger partial charge in [-0.3, -0.25) is 4.79 Å². The molecular weight excluding hydrogens is 312 g/mol. The summed E-state index contributed by atoms with van der Waals surface area (Å²) < 4.78 is 5.55. The van der Waals surface area contributed by atoms with E-state index in [4.69, 9.17) is 10.5 Å². The first kappa shape index (κ1) is 19.9. The second-order valence-electron chi connectivity index (χ2n) is 6.57. The summed E-state index contributed by atoms with van der Waals surface area (Å²) in [5.41, 5.74) is 8.40. The van der Waals surface area contributed by atoms with Crippen molar-refractivity contribution < 1.29 is 9.53 Å². The Hall–Kier alpha value is -1.10. The van der Waals surface area contributed by atoms with Crippen LogP contribution in [0.15, 0.2) is 24.3 Å². The lowest BCUT2D eigenvalue weighted by Crippen LogP contribution is -2.48. The maximum absolute atomic E-state index is 12.3. The van der Waals surface area contributed by atoms with Crippen LogP contribution in [0.5, 0.6) is 0 Å². The molecule has 0 bridgehead atoms. The fourth-order valence-corrected chi connectivity index (χ4v) is 3.13. The van der Waals surface area contributed by atoms with Crippen LogP contribution in [0.3, 0.4) is 0 Å². The van der Waals surface area contributed by atoms with E-state index >= 15 is 0 Å². The number of ether oxygens (including phenoxy) is 1. The maximum Gasteiger partial charge on any atom is 0.224 e. The smallest absolute Gasteiger partial charge is 0.224 e. The zero-order valence-corrected chi connectivity index (χ0v) is 15.1. The number of amides is 1. The Morgan fingerprint density at radius 3 is 2.48 bits per heavy atom. The second-order valence-corrected chi connectivity index (χ2v) is 6.57. The molecule has 0 spiro atoms. The van der Waals surface area contributed by atoms with E-state index in [2.05, 4.69) is 36.5 Å². The number of hydrogen-bond donors (Lipinski definition) is 2. The van der Waals surface area contributed by atoms with Gasteiger partial charge < -0.3 is 15.8 Å². The second kappa shape index (κ2) is 8.67. The lowest BCUT2D eigenvalue weighted by atomic mass is 9.72. The van der Waals surface area contributed by atoms with E-state index in [1.807, 2.05) is 13.8 Å². The van der Waals surface area contributed by atoms with E-state index in [1.54, 1.807) is 0 Å². The molecule has 1 saturated heterocycles. The summed E-state index contributed by atoms with van der Waals surface area (Å²) in [6, 6.07) is 8.32. The minimum atomic E-state index is -0.172. The number of carbonyl (C=O) groups is 1. The Bertz CT molecular complexity index is 513. The predicted molar refractivity (Wildman–Crippen MR) is 96.0 cm³/mol. The molecule has 0 aliphatic carbocycles. The SMILES string of the molecule is Cc1ccccc1C1(CNC(=O)C(C)C(C)N)CCOCC1.Cl. The van der Waals surface area contributed by atoms with E-state index in [9.17, 15) is 4.79 Å². The molecule has 1 aromatic rings. The number of rotatable bonds is 5. The quantitative estimate of drug-likeness (QED) is 0.865. The Labute approximate surface area is 145 Å². The lowest BCUT2D eigenvalue weighted by molar-refractivity contribution is -0.125. The molecule has 1 aromatic carbocycles. The fraction of sp³-hybridized carbons (Fsp3) is 0.611. The number of nitrogens with two attached hydrogens (primary N) is 1. The molecule has 2 unspecified atom stereocenters. The van der Waals surface area contributed by atoms with E-state index in [0.717, 1.165) is 26.1 Å². The van der Waals surface area contributed by atoms with Crippen LogP contribution in [0.4, 0.5) is 0 Å². The first-order chi connectivity index (χ1) is 10.5. The summed E-state index contributed by atoms with van der Waals surface area (Å²) in [6.07, 6.45) is 1.87. The minimum Gasteiger partial charge on any atom is -0.381 e. The highest BCUT2D eigenvalue weighted by Gasteiger charge is 2.36. The Balaban J connectivity index is 0.00000264. The molecule has 1 aliphatic heterocycles. The van der Waals surface area contributed by atoms with E-state index in [1.165, 1.54) is 11.1 Å². The van der Waals surface area contributed by atoms with Crippen LogP contribution in [0.1, 0.15) is 37.8 Å². The third-order valence-corrected chi connectivity index (χ3v) is 4.97. The van der Waals surface area contributed by atoms with Gasteiger partial charge in [-0.15, -0.1) is 12.4 Å². The molecule has 5 heteroatoms. The lowest BCUT2D eigenvalue weighted by Gasteiger charge is -2.39. The first-order valence-electron chi connectivity index (χ1n) is 8.13. The molecule has 4 nitrogen and oxygen atoms in total. The molecule has 1 fully saturated rings. The molecule has 23 heavy (non-hydrogen) atoms. The van der Waals surface area contributed by atoms with Crippen LogP contribution >= 0.6 is 12.4 Å². The molecule has 130 valence electrons. The van der Waals surface area contributed by atoms with Crippen molar-refractivity contribution in [1.29, 1.82) is 0 Å². The van der Waals surface area contributed by atoms with Crippen molar-refractivity contribution in [2.45, 2.75) is 45.1 Å². The van der Waals surface area contributed by atoms with Crippen molar-refractivity contribution in [3.8, 4) is 0 Å². The maximum atomic E-state index is 12.3. The summed E-state index contributed by atoms with van der Waals surface area (Å²) in [5.74, 6) is -0.136. The highest BCUT2D eigenvalue weighted by atomic mass is 35.5. The Kier molecular flexibility index (Phi) is 7.52. The normalized spacial score (nSPS) is 19.3. The van der Waals surface area contributed by atoms with Gasteiger partial charge in [-0.1, -0.05) is 31.2 Å². The van der Waals surface area contributed by atoms with Gasteiger partial charge in [0.05, 0.1) is 0 Å². The molecule has 1 heterocycles. The van der Waals surface area contributed by atoms with E-state index in [-0.39, 0.29) is 35.7 Å². The third kappa shape index (κ3) is 4.69. The molecule has 1 aliphatic rings. The Morgan fingerprint density at radius 2 is 1.91 bits per heavy atom. The Morgan fingerprint density at radius 1 is 1.30 bits per heavy atom. The van der Waals surface area contributed by atoms with Gasteiger partial charge >= 0.3 is 0 Å². The average Bonchev–Trinajstić information content (AvgIpc) is 2.53. The molecule has 3 N–H and O–H groups in total. The number of aryl methyl sites for hydroxylation is 1. The van der Waals surface area contributed by atoms with Crippen LogP contribution in [-0.2, 0) is 14.9 Å². The zero-order chi connectivity index (χ0) is 16.2. The minimum absolute atomic E-state index is 0. The summed E-state index contributed by atoms with van der Waals surface area (Å²) in [5, 5.41) is 3.13. The van der Waals surface area contributed by atoms with Gasteiger partial charge in [0, 0.05) is 37.1 Å². The largest absolute Gasteiger partial charge is 0.381 e. The summed E-state index contributed by atoms with van der Waals surface area (Å²) in [4.78, 5) is 12.3. The predicted octanol–water partition coefficient (Wildman–Crippen LogP) is 2.56. The van der Waals surface area contributed by atoms with Crippen LogP contribution < -0.4 is 11.1 Å². The van der Waals surface area contributed by atoms with Crippen LogP contribution in [0, 0.1) is 12.8 Å². The average molecular weight is 341 g/mol. The van der Waals surface area contributed by atoms with E-state index in [0.29, 0.717) is 6.54 Å². The van der Waals surface area contributed by atoms with Gasteiger partial charge in [0.25, 0.3) is 0 Å². The summed E-state index contributed by atoms with van der Waals surface area (Å²) >= 11 is 0. The molecule has 1 amide bonds. The van der Waals surface area contributed by atoms with Gasteiger partial charge in [-0.25, -0.2) is 0 Å². The van der Waals surface area contributed by atoms with E-state index < -0.39 is 0 Å². The highest BCUT2D eigenvalue weighted by molar-refractivity contribution is 5.85. The van der Waals surface area contributed by atoms with Crippen molar-refractivity contribution in [1.82, 2.24) is 5.32 Å². The fourth-order valence-electron chi connectivity index (χ4n) is 3.13. The highest BCUT2D eigenvalue weighted by Crippen LogP contribution is 2.36. The third-order valence-electron chi connectivity index (χ3n) is 4.97. The first-order valence-corrected chi connectivity index (χ1v) is 8.13. The van der Waals surface area contributed by atoms with Crippen molar-refractivity contribution in [3.63, 3.8) is 0 Å². The molecule has 2 rings (SSSR count).